The number of anilines is 1. The summed E-state index contributed by atoms with van der Waals surface area (Å²) < 4.78 is 1.45. The molecule has 1 fully saturated rings. The molecule has 0 bridgehead atoms. The van der Waals surface area contributed by atoms with Gasteiger partial charge in [-0.25, -0.2) is 9.78 Å². The second-order valence-corrected chi connectivity index (χ2v) is 8.53. The topological polar surface area (TPSA) is 113 Å². The molecule has 0 unspecified atom stereocenters. The van der Waals surface area contributed by atoms with E-state index in [-0.39, 0.29) is 12.0 Å². The smallest absolute Gasteiger partial charge is 0.328 e. The average molecular weight is 429 g/mol. The third-order valence-electron chi connectivity index (χ3n) is 6.86. The Morgan fingerprint density at radius 3 is 2.56 bits per heavy atom. The number of nitrogens with zero attached hydrogens (tertiary/aromatic N) is 3. The first-order chi connectivity index (χ1) is 15.4. The number of pyridine rings is 1. The summed E-state index contributed by atoms with van der Waals surface area (Å²) in [5.41, 5.74) is 1.55. The van der Waals surface area contributed by atoms with Crippen molar-refractivity contribution < 1.29 is 14.4 Å². The fraction of sp³-hybridized carbons (Fsp3) is 0.261. The van der Waals surface area contributed by atoms with E-state index in [4.69, 9.17) is 4.98 Å². The van der Waals surface area contributed by atoms with E-state index in [1.165, 1.54) is 4.40 Å². The molecule has 2 N–H and O–H groups in total. The number of carbonyl (C=O) groups excluding carboxylic acids is 3. The fourth-order valence-corrected chi connectivity index (χ4v) is 5.39. The van der Waals surface area contributed by atoms with Crippen LogP contribution in [0.1, 0.15) is 28.3 Å². The van der Waals surface area contributed by atoms with Crippen molar-refractivity contribution >= 4 is 29.3 Å². The first-order valence-electron chi connectivity index (χ1n) is 10.4. The number of imide groups is 2. The Hall–Kier alpha value is -4.01. The van der Waals surface area contributed by atoms with Crippen LogP contribution in [0.3, 0.4) is 0 Å². The summed E-state index contributed by atoms with van der Waals surface area (Å²) >= 11 is 0. The van der Waals surface area contributed by atoms with Crippen molar-refractivity contribution in [1.82, 2.24) is 20.0 Å². The minimum atomic E-state index is -1.67. The van der Waals surface area contributed by atoms with Gasteiger partial charge in [0.2, 0.25) is 11.8 Å². The fourth-order valence-electron chi connectivity index (χ4n) is 5.39. The Morgan fingerprint density at radius 2 is 1.78 bits per heavy atom. The molecule has 1 spiro atoms. The largest absolute Gasteiger partial charge is 0.347 e. The van der Waals surface area contributed by atoms with E-state index in [2.05, 4.69) is 10.6 Å². The number of hydrogen-bond acceptors (Lipinski definition) is 6. The van der Waals surface area contributed by atoms with Gasteiger partial charge in [-0.3, -0.25) is 29.4 Å². The van der Waals surface area contributed by atoms with Gasteiger partial charge in [0.25, 0.3) is 5.56 Å². The van der Waals surface area contributed by atoms with Gasteiger partial charge in [0, 0.05) is 19.2 Å². The van der Waals surface area contributed by atoms with Gasteiger partial charge in [-0.15, -0.1) is 0 Å². The highest BCUT2D eigenvalue weighted by atomic mass is 16.2. The lowest BCUT2D eigenvalue weighted by Crippen LogP contribution is -2.69. The molecule has 3 aliphatic heterocycles. The number of amides is 4. The highest BCUT2D eigenvalue weighted by Gasteiger charge is 2.62. The number of benzene rings is 1. The molecule has 6 rings (SSSR count). The van der Waals surface area contributed by atoms with Crippen LogP contribution < -0.4 is 21.1 Å². The molecule has 1 atom stereocenters. The summed E-state index contributed by atoms with van der Waals surface area (Å²) in [7, 11) is 0. The molecule has 0 aliphatic carbocycles. The van der Waals surface area contributed by atoms with Crippen LogP contribution >= 0.6 is 0 Å². The minimum Gasteiger partial charge on any atom is -0.347 e. The number of carbonyl (C=O) groups is 3. The van der Waals surface area contributed by atoms with E-state index in [1.54, 1.807) is 12.3 Å². The molecule has 32 heavy (non-hydrogen) atoms. The second-order valence-electron chi connectivity index (χ2n) is 8.53. The molecule has 160 valence electrons. The van der Waals surface area contributed by atoms with E-state index in [9.17, 15) is 19.2 Å². The standard InChI is InChI=1S/C23H19N5O4/c1-12-5-4-9-28-17(12)24-18-15(19(28)29)11-23(20(30)25-22(32)26-21(23)31)16-14-7-3-2-6-13(14)8-10-27(16)18/h2-7,9,16H,8,10-11H2,1H3,(H2,25,26,30,31,32)/t16-/m0/s1. The Kier molecular flexibility index (Phi) is 3.66. The molecular weight excluding hydrogens is 410 g/mol. The maximum Gasteiger partial charge on any atom is 0.328 e. The number of rotatable bonds is 0. The number of nitrogens with one attached hydrogen (secondary N) is 2. The first-order valence-corrected chi connectivity index (χ1v) is 10.4. The number of fused-ring (bicyclic) bond motifs is 7. The normalized spacial score (nSPS) is 21.0. The molecule has 9 nitrogen and oxygen atoms in total. The van der Waals surface area contributed by atoms with E-state index in [0.717, 1.165) is 16.7 Å². The predicted octanol–water partition coefficient (Wildman–Crippen LogP) is 1.02. The SMILES string of the molecule is Cc1cccn2c(=O)c3c(nc12)N1CCc2ccccc2[C@H]1C1(C3)C(=O)NC(=O)NC1=O. The second kappa shape index (κ2) is 6.25. The lowest BCUT2D eigenvalue weighted by Gasteiger charge is -2.51. The maximum absolute atomic E-state index is 13.5. The molecule has 1 saturated heterocycles. The van der Waals surface area contributed by atoms with E-state index >= 15 is 0 Å². The summed E-state index contributed by atoms with van der Waals surface area (Å²) in [4.78, 5) is 58.8. The van der Waals surface area contributed by atoms with Crippen molar-refractivity contribution in [2.24, 2.45) is 5.41 Å². The summed E-state index contributed by atoms with van der Waals surface area (Å²) in [5, 5.41) is 4.53. The van der Waals surface area contributed by atoms with Crippen molar-refractivity contribution in [2.75, 3.05) is 11.4 Å². The zero-order valence-electron chi connectivity index (χ0n) is 17.2. The quantitative estimate of drug-likeness (QED) is 0.516. The number of aryl methyl sites for hydroxylation is 1. The zero-order chi connectivity index (χ0) is 22.2. The molecule has 2 aromatic heterocycles. The summed E-state index contributed by atoms with van der Waals surface area (Å²) in [6.07, 6.45) is 2.16. The van der Waals surface area contributed by atoms with Gasteiger partial charge in [-0.1, -0.05) is 30.3 Å². The van der Waals surface area contributed by atoms with Crippen LogP contribution in [0.25, 0.3) is 5.65 Å². The highest BCUT2D eigenvalue weighted by molar-refractivity contribution is 6.20. The Morgan fingerprint density at radius 1 is 1.03 bits per heavy atom. The van der Waals surface area contributed by atoms with Crippen LogP contribution in [0.15, 0.2) is 47.4 Å². The van der Waals surface area contributed by atoms with Crippen LogP contribution in [0.5, 0.6) is 0 Å². The maximum atomic E-state index is 13.5. The van der Waals surface area contributed by atoms with E-state index in [1.807, 2.05) is 42.2 Å². The van der Waals surface area contributed by atoms with Gasteiger partial charge in [-0.05, 0) is 36.1 Å². The molecule has 1 aromatic carbocycles. The van der Waals surface area contributed by atoms with Crippen molar-refractivity contribution in [2.45, 2.75) is 25.8 Å². The highest BCUT2D eigenvalue weighted by Crippen LogP contribution is 2.51. The molecule has 0 saturated carbocycles. The zero-order valence-corrected chi connectivity index (χ0v) is 17.2. The Bertz CT molecular complexity index is 1410. The van der Waals surface area contributed by atoms with Gasteiger partial charge in [0.15, 0.2) is 5.41 Å². The van der Waals surface area contributed by atoms with E-state index < -0.39 is 29.3 Å². The number of hydrogen-bond donors (Lipinski definition) is 2. The van der Waals surface area contributed by atoms with Crippen molar-refractivity contribution in [1.29, 1.82) is 0 Å². The molecular formula is C23H19N5O4. The summed E-state index contributed by atoms with van der Waals surface area (Å²) in [5.74, 6) is -0.901. The third-order valence-corrected chi connectivity index (χ3v) is 6.86. The molecule has 5 heterocycles. The number of urea groups is 1. The van der Waals surface area contributed by atoms with Gasteiger partial charge in [0.1, 0.15) is 11.5 Å². The van der Waals surface area contributed by atoms with Gasteiger partial charge in [0.05, 0.1) is 11.6 Å². The van der Waals surface area contributed by atoms with E-state index in [0.29, 0.717) is 30.0 Å². The first kappa shape index (κ1) is 18.7. The average Bonchev–Trinajstić information content (AvgIpc) is 2.78. The Balaban J connectivity index is 1.69. The van der Waals surface area contributed by atoms with Crippen LogP contribution in [0, 0.1) is 12.3 Å². The number of aromatic nitrogens is 2. The van der Waals surface area contributed by atoms with Crippen LogP contribution in [-0.2, 0) is 22.4 Å². The van der Waals surface area contributed by atoms with Crippen molar-refractivity contribution in [3.63, 3.8) is 0 Å². The van der Waals surface area contributed by atoms with Crippen molar-refractivity contribution in [3.05, 3.63) is 75.2 Å². The minimum absolute atomic E-state index is 0.147. The lowest BCUT2D eigenvalue weighted by atomic mass is 9.65. The van der Waals surface area contributed by atoms with Gasteiger partial charge >= 0.3 is 6.03 Å². The molecule has 9 heteroatoms. The van der Waals surface area contributed by atoms with Crippen LogP contribution in [0.2, 0.25) is 0 Å². The number of barbiturate groups is 1. The Labute approximate surface area is 182 Å². The summed E-state index contributed by atoms with van der Waals surface area (Å²) in [6.45, 7) is 2.37. The predicted molar refractivity (Wildman–Crippen MR) is 114 cm³/mol. The molecule has 3 aromatic rings. The molecule has 4 amide bonds. The van der Waals surface area contributed by atoms with Crippen LogP contribution in [-0.4, -0.2) is 33.8 Å². The molecule has 0 radical (unpaired) electrons. The monoisotopic (exact) mass is 429 g/mol. The third kappa shape index (κ3) is 2.25. The van der Waals surface area contributed by atoms with Gasteiger partial charge in [-0.2, -0.15) is 0 Å². The lowest BCUT2D eigenvalue weighted by molar-refractivity contribution is -0.146. The van der Waals surface area contributed by atoms with Gasteiger partial charge < -0.3 is 4.90 Å². The van der Waals surface area contributed by atoms with Crippen LogP contribution in [0.4, 0.5) is 10.6 Å². The summed E-state index contributed by atoms with van der Waals surface area (Å²) in [6, 6.07) is 9.76. The van der Waals surface area contributed by atoms with Crippen molar-refractivity contribution in [3.8, 4) is 0 Å². The molecule has 3 aliphatic rings.